The van der Waals surface area contributed by atoms with Crippen LogP contribution in [0.5, 0.6) is 5.75 Å². The SMILES string of the molecule is C=CCOC(=O)c1sc(N2C(=O)C(=O)C(=C(O)c3ccc(OC)c(C)c3)C2c2ccc(Cl)cc2)nc1C. The lowest BCUT2D eigenvalue weighted by Crippen LogP contribution is -2.29. The summed E-state index contributed by atoms with van der Waals surface area (Å²) in [6, 6.07) is 10.5. The van der Waals surface area contributed by atoms with E-state index in [4.69, 9.17) is 21.1 Å². The van der Waals surface area contributed by atoms with Crippen LogP contribution in [0, 0.1) is 13.8 Å². The highest BCUT2D eigenvalue weighted by Gasteiger charge is 2.48. The Morgan fingerprint density at radius 3 is 2.54 bits per heavy atom. The number of methoxy groups -OCH3 is 1. The number of ketones is 1. The second-order valence-electron chi connectivity index (χ2n) is 8.20. The van der Waals surface area contributed by atoms with Gasteiger partial charge in [-0.25, -0.2) is 9.78 Å². The summed E-state index contributed by atoms with van der Waals surface area (Å²) in [6.45, 7) is 6.95. The Labute approximate surface area is 222 Å². The van der Waals surface area contributed by atoms with Crippen LogP contribution in [0.1, 0.15) is 38.1 Å². The topological polar surface area (TPSA) is 106 Å². The predicted molar refractivity (Wildman–Crippen MR) is 141 cm³/mol. The third kappa shape index (κ3) is 4.87. The minimum Gasteiger partial charge on any atom is -0.507 e. The van der Waals surface area contributed by atoms with Crippen LogP contribution >= 0.6 is 22.9 Å². The van der Waals surface area contributed by atoms with E-state index < -0.39 is 23.7 Å². The van der Waals surface area contributed by atoms with E-state index in [9.17, 15) is 19.5 Å². The van der Waals surface area contributed by atoms with E-state index in [2.05, 4.69) is 11.6 Å². The van der Waals surface area contributed by atoms with Gasteiger partial charge in [0.2, 0.25) is 0 Å². The molecule has 2 aromatic carbocycles. The number of carbonyl (C=O) groups is 3. The Hall–Kier alpha value is -3.95. The van der Waals surface area contributed by atoms with Gasteiger partial charge in [0, 0.05) is 10.6 Å². The molecule has 1 aromatic heterocycles. The highest BCUT2D eigenvalue weighted by atomic mass is 35.5. The van der Waals surface area contributed by atoms with Crippen LogP contribution in [0.3, 0.4) is 0 Å². The fourth-order valence-corrected chi connectivity index (χ4v) is 5.16. The number of rotatable bonds is 7. The summed E-state index contributed by atoms with van der Waals surface area (Å²) in [7, 11) is 1.53. The summed E-state index contributed by atoms with van der Waals surface area (Å²) >= 11 is 7.01. The molecule has 0 spiro atoms. The number of esters is 1. The molecule has 1 aliphatic rings. The van der Waals surface area contributed by atoms with Gasteiger partial charge in [0.1, 0.15) is 23.0 Å². The smallest absolute Gasteiger partial charge is 0.350 e. The lowest BCUT2D eigenvalue weighted by Gasteiger charge is -2.23. The fourth-order valence-electron chi connectivity index (χ4n) is 4.05. The van der Waals surface area contributed by atoms with Gasteiger partial charge in [-0.05, 0) is 55.3 Å². The van der Waals surface area contributed by atoms with Crippen LogP contribution < -0.4 is 9.64 Å². The van der Waals surface area contributed by atoms with Crippen LogP contribution in [0.25, 0.3) is 5.76 Å². The predicted octanol–water partition coefficient (Wildman–Crippen LogP) is 5.39. The van der Waals surface area contributed by atoms with Crippen molar-refractivity contribution < 1.29 is 29.0 Å². The summed E-state index contributed by atoms with van der Waals surface area (Å²) in [5, 5.41) is 11.9. The molecule has 1 amide bonds. The second-order valence-corrected chi connectivity index (χ2v) is 9.62. The van der Waals surface area contributed by atoms with E-state index in [1.54, 1.807) is 56.3 Å². The zero-order chi connectivity index (χ0) is 26.9. The van der Waals surface area contributed by atoms with E-state index in [0.717, 1.165) is 16.9 Å². The number of hydrogen-bond donors (Lipinski definition) is 1. The van der Waals surface area contributed by atoms with Gasteiger partial charge in [-0.2, -0.15) is 0 Å². The van der Waals surface area contributed by atoms with Gasteiger partial charge in [-0.15, -0.1) is 0 Å². The summed E-state index contributed by atoms with van der Waals surface area (Å²) in [5.41, 5.74) is 1.84. The first-order valence-corrected chi connectivity index (χ1v) is 12.3. The molecule has 2 heterocycles. The summed E-state index contributed by atoms with van der Waals surface area (Å²) < 4.78 is 10.4. The minimum absolute atomic E-state index is 0.0159. The number of aliphatic hydroxyl groups excluding tert-OH is 1. The summed E-state index contributed by atoms with van der Waals surface area (Å²) in [5.74, 6) is -2.11. The van der Waals surface area contributed by atoms with Crippen molar-refractivity contribution in [3.63, 3.8) is 0 Å². The van der Waals surface area contributed by atoms with E-state index >= 15 is 0 Å². The first kappa shape index (κ1) is 26.1. The number of halogens is 1. The lowest BCUT2D eigenvalue weighted by atomic mass is 9.95. The van der Waals surface area contributed by atoms with Crippen molar-refractivity contribution in [2.24, 2.45) is 0 Å². The molecule has 0 radical (unpaired) electrons. The molecule has 190 valence electrons. The Bertz CT molecular complexity index is 1440. The number of aliphatic hydroxyl groups is 1. The standard InChI is InChI=1S/C27H23ClN2O6S/c1-5-12-36-26(34)24-15(3)29-27(37-24)30-21(16-6-9-18(28)10-7-16)20(23(32)25(30)33)22(31)17-8-11-19(35-4)14(2)13-17/h5-11,13,21,31H,1,12H2,2-4H3. The lowest BCUT2D eigenvalue weighted by molar-refractivity contribution is -0.132. The number of benzene rings is 2. The molecule has 1 aliphatic heterocycles. The van der Waals surface area contributed by atoms with Gasteiger partial charge in [-0.3, -0.25) is 14.5 Å². The Kier molecular flexibility index (Phi) is 7.47. The van der Waals surface area contributed by atoms with Gasteiger partial charge >= 0.3 is 11.9 Å². The van der Waals surface area contributed by atoms with Gasteiger partial charge < -0.3 is 14.6 Å². The van der Waals surface area contributed by atoms with E-state index in [0.29, 0.717) is 27.6 Å². The van der Waals surface area contributed by atoms with Gasteiger partial charge in [0.25, 0.3) is 5.78 Å². The minimum atomic E-state index is -1.01. The van der Waals surface area contributed by atoms with Crippen molar-refractivity contribution in [3.05, 3.63) is 93.0 Å². The third-order valence-electron chi connectivity index (χ3n) is 5.81. The molecule has 8 nitrogen and oxygen atoms in total. The summed E-state index contributed by atoms with van der Waals surface area (Å²) in [6.07, 6.45) is 1.44. The molecule has 1 unspecified atom stereocenters. The largest absolute Gasteiger partial charge is 0.507 e. The van der Waals surface area contributed by atoms with Crippen molar-refractivity contribution >= 4 is 51.5 Å². The first-order chi connectivity index (χ1) is 17.7. The number of amides is 1. The molecule has 0 saturated carbocycles. The maximum absolute atomic E-state index is 13.4. The average Bonchev–Trinajstić information content (AvgIpc) is 3.39. The zero-order valence-electron chi connectivity index (χ0n) is 20.3. The molecule has 1 N–H and O–H groups in total. The highest BCUT2D eigenvalue weighted by molar-refractivity contribution is 7.17. The number of carbonyl (C=O) groups excluding carboxylic acids is 3. The average molecular weight is 539 g/mol. The highest BCUT2D eigenvalue weighted by Crippen LogP contribution is 2.44. The quantitative estimate of drug-likeness (QED) is 0.141. The number of nitrogens with zero attached hydrogens (tertiary/aromatic N) is 2. The maximum Gasteiger partial charge on any atom is 0.350 e. The number of hydrogen-bond acceptors (Lipinski definition) is 8. The van der Waals surface area contributed by atoms with Crippen LogP contribution in [-0.2, 0) is 14.3 Å². The van der Waals surface area contributed by atoms with E-state index in [-0.39, 0.29) is 27.9 Å². The number of anilines is 1. The molecule has 1 atom stereocenters. The molecular weight excluding hydrogens is 516 g/mol. The molecule has 4 rings (SSSR count). The van der Waals surface area contributed by atoms with Crippen LogP contribution in [0.2, 0.25) is 5.02 Å². The van der Waals surface area contributed by atoms with Crippen LogP contribution in [0.4, 0.5) is 5.13 Å². The normalized spacial score (nSPS) is 16.6. The molecular formula is C27H23ClN2O6S. The van der Waals surface area contributed by atoms with E-state index in [1.165, 1.54) is 18.1 Å². The Balaban J connectivity index is 1.88. The molecule has 10 heteroatoms. The van der Waals surface area contributed by atoms with Crippen molar-refractivity contribution in [2.75, 3.05) is 18.6 Å². The van der Waals surface area contributed by atoms with Gasteiger partial charge in [-0.1, -0.05) is 47.7 Å². The molecule has 1 saturated heterocycles. The number of aryl methyl sites for hydroxylation is 2. The van der Waals surface area contributed by atoms with Crippen LogP contribution in [-0.4, -0.2) is 41.5 Å². The molecule has 0 aliphatic carbocycles. The van der Waals surface area contributed by atoms with Gasteiger partial charge in [0.15, 0.2) is 5.13 Å². The molecule has 0 bridgehead atoms. The molecule has 37 heavy (non-hydrogen) atoms. The fraction of sp³-hybridized carbons (Fsp3) is 0.185. The maximum atomic E-state index is 13.4. The van der Waals surface area contributed by atoms with Crippen molar-refractivity contribution in [1.82, 2.24) is 4.98 Å². The molecule has 3 aromatic rings. The number of Topliss-reactive ketones (excluding diaryl/α,β-unsaturated/α-hetero) is 1. The zero-order valence-corrected chi connectivity index (χ0v) is 21.9. The second kappa shape index (κ2) is 10.6. The van der Waals surface area contributed by atoms with Crippen molar-refractivity contribution in [1.29, 1.82) is 0 Å². The Morgan fingerprint density at radius 1 is 1.22 bits per heavy atom. The Morgan fingerprint density at radius 2 is 1.92 bits per heavy atom. The summed E-state index contributed by atoms with van der Waals surface area (Å²) in [4.78, 5) is 45.0. The van der Waals surface area contributed by atoms with Crippen molar-refractivity contribution in [2.45, 2.75) is 19.9 Å². The number of ether oxygens (including phenoxy) is 2. The number of aromatic nitrogens is 1. The van der Waals surface area contributed by atoms with E-state index in [1.807, 2.05) is 0 Å². The van der Waals surface area contributed by atoms with Gasteiger partial charge in [0.05, 0.1) is 24.4 Å². The molecule has 1 fully saturated rings. The van der Waals surface area contributed by atoms with Crippen LogP contribution in [0.15, 0.2) is 60.7 Å². The number of thiazole rings is 1. The first-order valence-electron chi connectivity index (χ1n) is 11.1. The third-order valence-corrected chi connectivity index (χ3v) is 7.20. The monoisotopic (exact) mass is 538 g/mol. The van der Waals surface area contributed by atoms with Crippen molar-refractivity contribution in [3.8, 4) is 5.75 Å².